The van der Waals surface area contributed by atoms with E-state index < -0.39 is 0 Å². The average molecular weight is 383 g/mol. The van der Waals surface area contributed by atoms with E-state index in [4.69, 9.17) is 11.6 Å². The van der Waals surface area contributed by atoms with Gasteiger partial charge in [-0.2, -0.15) is 0 Å². The van der Waals surface area contributed by atoms with Crippen LogP contribution in [0.25, 0.3) is 28.1 Å². The van der Waals surface area contributed by atoms with E-state index in [2.05, 4.69) is 16.4 Å². The number of aromatic nitrogens is 1. The van der Waals surface area contributed by atoms with Gasteiger partial charge in [-0.25, -0.2) is 0 Å². The van der Waals surface area contributed by atoms with Gasteiger partial charge in [0.2, 0.25) is 0 Å². The third-order valence-electron chi connectivity index (χ3n) is 4.48. The molecule has 3 N–H and O–H groups in total. The summed E-state index contributed by atoms with van der Waals surface area (Å²) in [6.45, 7) is 7.77. The molecule has 5 heteroatoms. The van der Waals surface area contributed by atoms with Crippen molar-refractivity contribution in [1.82, 2.24) is 10.3 Å². The molecule has 3 aromatic rings. The molecule has 0 spiro atoms. The Morgan fingerprint density at radius 1 is 1.19 bits per heavy atom. The number of phenols is 1. The number of fused-ring (bicyclic) bond motifs is 1. The molecule has 0 atom stereocenters. The molecule has 4 nitrogen and oxygen atoms in total. The normalized spacial score (nSPS) is 12.0. The minimum atomic E-state index is -0.282. The lowest BCUT2D eigenvalue weighted by molar-refractivity contribution is -0.117. The zero-order valence-corrected chi connectivity index (χ0v) is 16.6. The highest BCUT2D eigenvalue weighted by Crippen LogP contribution is 2.34. The minimum absolute atomic E-state index is 0.0286. The summed E-state index contributed by atoms with van der Waals surface area (Å²) < 4.78 is 0. The Morgan fingerprint density at radius 3 is 2.63 bits per heavy atom. The fraction of sp³-hybridized carbons (Fsp3) is 0.227. The molecule has 0 unspecified atom stereocenters. The van der Waals surface area contributed by atoms with E-state index >= 15 is 0 Å². The van der Waals surface area contributed by atoms with Crippen molar-refractivity contribution in [2.24, 2.45) is 0 Å². The maximum absolute atomic E-state index is 12.0. The zero-order valence-electron chi connectivity index (χ0n) is 15.9. The first kappa shape index (κ1) is 19.1. The summed E-state index contributed by atoms with van der Waals surface area (Å²) in [5, 5.41) is 14.2. The van der Waals surface area contributed by atoms with Crippen molar-refractivity contribution in [3.05, 3.63) is 58.3 Å². The van der Waals surface area contributed by atoms with Crippen LogP contribution < -0.4 is 5.32 Å². The van der Waals surface area contributed by atoms with E-state index in [-0.39, 0.29) is 22.7 Å². The number of phenolic OH excluding ortho intramolecular Hbond substituents is 1. The number of hydrogen-bond acceptors (Lipinski definition) is 2. The maximum atomic E-state index is 12.0. The Morgan fingerprint density at radius 2 is 1.93 bits per heavy atom. The van der Waals surface area contributed by atoms with Gasteiger partial charge >= 0.3 is 0 Å². The molecule has 2 aromatic carbocycles. The zero-order chi connectivity index (χ0) is 19.7. The van der Waals surface area contributed by atoms with Crippen LogP contribution >= 0.6 is 11.6 Å². The number of aromatic amines is 1. The highest BCUT2D eigenvalue weighted by Gasteiger charge is 2.12. The van der Waals surface area contributed by atoms with E-state index in [1.54, 1.807) is 12.1 Å². The molecule has 1 amide bonds. The lowest BCUT2D eigenvalue weighted by Gasteiger charge is -2.12. The Balaban J connectivity index is 2.00. The van der Waals surface area contributed by atoms with Crippen LogP contribution in [0.1, 0.15) is 30.5 Å². The van der Waals surface area contributed by atoms with Gasteiger partial charge in [0.05, 0.1) is 5.52 Å². The number of carbonyl (C=O) groups excluding carboxylic acids is 1. The third-order valence-corrected chi connectivity index (χ3v) is 4.76. The SMILES string of the molecule is Cc1cc(-c2cc(O)c3[nH]ccc3c2)c(C)cc1/C=C(\Cl)C(=O)NC(C)C. The van der Waals surface area contributed by atoms with Crippen molar-refractivity contribution in [2.45, 2.75) is 33.7 Å². The first-order valence-corrected chi connectivity index (χ1v) is 9.24. The Bertz CT molecular complexity index is 1050. The average Bonchev–Trinajstić information content (AvgIpc) is 3.06. The summed E-state index contributed by atoms with van der Waals surface area (Å²) in [6.07, 6.45) is 3.50. The second-order valence-corrected chi connectivity index (χ2v) is 7.49. The van der Waals surface area contributed by atoms with Gasteiger partial charge in [0.25, 0.3) is 5.91 Å². The van der Waals surface area contributed by atoms with Crippen molar-refractivity contribution in [3.8, 4) is 16.9 Å². The Hall–Kier alpha value is -2.72. The van der Waals surface area contributed by atoms with Gasteiger partial charge in [-0.1, -0.05) is 23.7 Å². The molecule has 0 aliphatic rings. The maximum Gasteiger partial charge on any atom is 0.262 e. The van der Waals surface area contributed by atoms with Gasteiger partial charge in [0, 0.05) is 17.6 Å². The molecule has 27 heavy (non-hydrogen) atoms. The lowest BCUT2D eigenvalue weighted by Crippen LogP contribution is -2.30. The Kier molecular flexibility index (Phi) is 5.29. The summed E-state index contributed by atoms with van der Waals surface area (Å²) in [5.74, 6) is -0.0578. The number of amides is 1. The molecule has 3 rings (SSSR count). The van der Waals surface area contributed by atoms with Crippen LogP contribution in [-0.4, -0.2) is 22.0 Å². The van der Waals surface area contributed by atoms with Crippen molar-refractivity contribution in [2.75, 3.05) is 0 Å². The fourth-order valence-electron chi connectivity index (χ4n) is 3.15. The molecule has 1 heterocycles. The van der Waals surface area contributed by atoms with Gasteiger partial charge in [-0.3, -0.25) is 4.79 Å². The number of benzene rings is 2. The van der Waals surface area contributed by atoms with E-state index in [1.165, 1.54) is 0 Å². The topological polar surface area (TPSA) is 65.1 Å². The van der Waals surface area contributed by atoms with Crippen LogP contribution in [0.5, 0.6) is 5.75 Å². The molecular formula is C22H23ClN2O2. The van der Waals surface area contributed by atoms with Crippen LogP contribution in [0.2, 0.25) is 0 Å². The summed E-state index contributed by atoms with van der Waals surface area (Å²) in [4.78, 5) is 15.1. The number of H-pyrrole nitrogens is 1. The van der Waals surface area contributed by atoms with Crippen LogP contribution in [0.3, 0.4) is 0 Å². The molecule has 0 fully saturated rings. The van der Waals surface area contributed by atoms with Crippen LogP contribution in [-0.2, 0) is 4.79 Å². The number of halogens is 1. The van der Waals surface area contributed by atoms with E-state index in [0.717, 1.165) is 38.7 Å². The van der Waals surface area contributed by atoms with Crippen LogP contribution in [0.4, 0.5) is 0 Å². The van der Waals surface area contributed by atoms with Crippen LogP contribution in [0, 0.1) is 13.8 Å². The third kappa shape index (κ3) is 4.01. The summed E-state index contributed by atoms with van der Waals surface area (Å²) >= 11 is 6.18. The van der Waals surface area contributed by atoms with Gasteiger partial charge in [-0.15, -0.1) is 0 Å². The van der Waals surface area contributed by atoms with Crippen molar-refractivity contribution >= 4 is 34.5 Å². The standard InChI is InChI=1S/C22H23ClN2O2/c1-12(2)25-22(27)19(23)10-16-7-14(4)18(8-13(16)3)17-9-15-5-6-24-21(15)20(26)11-17/h5-12,24,26H,1-4H3,(H,25,27)/b19-10-. The minimum Gasteiger partial charge on any atom is -0.506 e. The second-order valence-electron chi connectivity index (χ2n) is 7.08. The molecule has 0 saturated heterocycles. The monoisotopic (exact) mass is 382 g/mol. The summed E-state index contributed by atoms with van der Waals surface area (Å²) in [5.41, 5.74) is 5.64. The summed E-state index contributed by atoms with van der Waals surface area (Å²) in [6, 6.07) is 9.84. The van der Waals surface area contributed by atoms with Crippen molar-refractivity contribution in [1.29, 1.82) is 0 Å². The fourth-order valence-corrected chi connectivity index (χ4v) is 3.32. The molecule has 140 valence electrons. The predicted octanol–water partition coefficient (Wildman–Crippen LogP) is 5.26. The number of aromatic hydroxyl groups is 1. The molecule has 0 aliphatic heterocycles. The highest BCUT2D eigenvalue weighted by molar-refractivity contribution is 6.44. The summed E-state index contributed by atoms with van der Waals surface area (Å²) in [7, 11) is 0. The predicted molar refractivity (Wildman–Crippen MR) is 112 cm³/mol. The first-order chi connectivity index (χ1) is 12.8. The molecule has 0 aliphatic carbocycles. The van der Waals surface area contributed by atoms with E-state index in [9.17, 15) is 9.90 Å². The largest absolute Gasteiger partial charge is 0.506 e. The van der Waals surface area contributed by atoms with Gasteiger partial charge in [0.15, 0.2) is 0 Å². The van der Waals surface area contributed by atoms with E-state index in [1.807, 2.05) is 52.1 Å². The van der Waals surface area contributed by atoms with Gasteiger partial charge in [0.1, 0.15) is 10.8 Å². The molecule has 1 aromatic heterocycles. The van der Waals surface area contributed by atoms with Crippen LogP contribution in [0.15, 0.2) is 41.6 Å². The lowest BCUT2D eigenvalue weighted by atomic mass is 9.94. The highest BCUT2D eigenvalue weighted by atomic mass is 35.5. The van der Waals surface area contributed by atoms with Crippen molar-refractivity contribution < 1.29 is 9.90 Å². The molecule has 0 saturated carbocycles. The second kappa shape index (κ2) is 7.49. The first-order valence-electron chi connectivity index (χ1n) is 8.86. The van der Waals surface area contributed by atoms with E-state index in [0.29, 0.717) is 0 Å². The van der Waals surface area contributed by atoms with Gasteiger partial charge < -0.3 is 15.4 Å². The number of rotatable bonds is 4. The number of nitrogens with one attached hydrogen (secondary N) is 2. The van der Waals surface area contributed by atoms with Gasteiger partial charge in [-0.05, 0) is 79.8 Å². The quantitative estimate of drug-likeness (QED) is 0.539. The van der Waals surface area contributed by atoms with Crippen molar-refractivity contribution in [3.63, 3.8) is 0 Å². The number of aryl methyl sites for hydroxylation is 2. The Labute approximate surface area is 163 Å². The smallest absolute Gasteiger partial charge is 0.262 e. The molecule has 0 radical (unpaired) electrons. The molecule has 0 bridgehead atoms. The number of carbonyl (C=O) groups is 1. The molecular weight excluding hydrogens is 360 g/mol. The number of hydrogen-bond donors (Lipinski definition) is 3.